The van der Waals surface area contributed by atoms with Crippen LogP contribution in [-0.4, -0.2) is 52.0 Å². The number of primary amides is 1. The Balaban J connectivity index is 1.53. The molecule has 3 rings (SSSR count). The van der Waals surface area contributed by atoms with Crippen molar-refractivity contribution in [3.05, 3.63) is 76.7 Å². The van der Waals surface area contributed by atoms with Crippen LogP contribution < -0.4 is 16.4 Å². The molecule has 0 aliphatic carbocycles. The third-order valence-corrected chi connectivity index (χ3v) is 7.44. The average molecular weight is 554 g/mol. The minimum absolute atomic E-state index is 0.0441. The fraction of sp³-hybridized carbons (Fsp3) is 0.321. The number of allylic oxidation sites excluding steroid dienone is 1. The number of hydrogen-bond donors (Lipinski definition) is 5. The molecule has 39 heavy (non-hydrogen) atoms. The van der Waals surface area contributed by atoms with Crippen molar-refractivity contribution in [2.75, 3.05) is 0 Å². The molecule has 0 radical (unpaired) electrons. The molecule has 206 valence electrons. The first-order valence-electron chi connectivity index (χ1n) is 12.4. The molecule has 1 aliphatic heterocycles. The van der Waals surface area contributed by atoms with Crippen molar-refractivity contribution in [2.24, 2.45) is 5.73 Å². The maximum atomic E-state index is 12.6. The Morgan fingerprint density at radius 1 is 0.897 bits per heavy atom. The number of thioether (sulfide) groups is 1. The molecule has 2 aromatic carbocycles. The minimum atomic E-state index is -1.49. The number of rotatable bonds is 14. The smallest absolute Gasteiger partial charge is 0.305 e. The molecule has 3 atom stereocenters. The molecule has 1 heterocycles. The summed E-state index contributed by atoms with van der Waals surface area (Å²) in [5.41, 5.74) is 9.79. The molecule has 1 unspecified atom stereocenters. The SMILES string of the molecule is NC(=O)[C@H](CC(=O)O)NC(=O)[C@H](CCC(=O)O)NC(=O)CCc1ccc(C2CC(c3ccccc3)=CS2)cc1. The summed E-state index contributed by atoms with van der Waals surface area (Å²) in [7, 11) is 0. The van der Waals surface area contributed by atoms with Crippen LogP contribution in [-0.2, 0) is 30.4 Å². The van der Waals surface area contributed by atoms with Gasteiger partial charge in [0.2, 0.25) is 17.7 Å². The van der Waals surface area contributed by atoms with Crippen LogP contribution in [0.2, 0.25) is 0 Å². The summed E-state index contributed by atoms with van der Waals surface area (Å²) in [6, 6.07) is 15.5. The highest BCUT2D eigenvalue weighted by Crippen LogP contribution is 2.45. The summed E-state index contributed by atoms with van der Waals surface area (Å²) in [5.74, 6) is -4.94. The van der Waals surface area contributed by atoms with Crippen molar-refractivity contribution in [3.8, 4) is 0 Å². The van der Waals surface area contributed by atoms with Crippen molar-refractivity contribution in [1.82, 2.24) is 10.6 Å². The molecule has 11 heteroatoms. The van der Waals surface area contributed by atoms with Crippen molar-refractivity contribution >= 4 is 47.0 Å². The number of aliphatic carboxylic acids is 2. The van der Waals surface area contributed by atoms with Gasteiger partial charge in [-0.1, -0.05) is 54.6 Å². The van der Waals surface area contributed by atoms with Crippen molar-refractivity contribution in [3.63, 3.8) is 0 Å². The number of nitrogens with two attached hydrogens (primary N) is 1. The van der Waals surface area contributed by atoms with Crippen LogP contribution in [0.4, 0.5) is 0 Å². The van der Waals surface area contributed by atoms with Gasteiger partial charge in [0.05, 0.1) is 6.42 Å². The van der Waals surface area contributed by atoms with Gasteiger partial charge in [0.15, 0.2) is 0 Å². The number of aryl methyl sites for hydroxylation is 1. The van der Waals surface area contributed by atoms with E-state index in [1.54, 1.807) is 11.8 Å². The van der Waals surface area contributed by atoms with E-state index in [4.69, 9.17) is 15.9 Å². The number of carbonyl (C=O) groups excluding carboxylic acids is 3. The zero-order valence-corrected chi connectivity index (χ0v) is 22.0. The van der Waals surface area contributed by atoms with Gasteiger partial charge in [0, 0.05) is 18.1 Å². The van der Waals surface area contributed by atoms with E-state index in [2.05, 4.69) is 28.2 Å². The Morgan fingerprint density at radius 2 is 1.59 bits per heavy atom. The van der Waals surface area contributed by atoms with Gasteiger partial charge >= 0.3 is 11.9 Å². The molecule has 0 bridgehead atoms. The lowest BCUT2D eigenvalue weighted by atomic mass is 9.98. The first kappa shape index (κ1) is 29.4. The predicted molar refractivity (Wildman–Crippen MR) is 146 cm³/mol. The van der Waals surface area contributed by atoms with Crippen molar-refractivity contribution in [2.45, 2.75) is 55.9 Å². The summed E-state index contributed by atoms with van der Waals surface area (Å²) >= 11 is 1.78. The minimum Gasteiger partial charge on any atom is -0.481 e. The summed E-state index contributed by atoms with van der Waals surface area (Å²) in [5, 5.41) is 25.1. The van der Waals surface area contributed by atoms with E-state index in [1.807, 2.05) is 42.5 Å². The Bertz CT molecular complexity index is 1230. The van der Waals surface area contributed by atoms with Gasteiger partial charge in [-0.25, -0.2) is 0 Å². The molecular formula is C28H31N3O7S. The van der Waals surface area contributed by atoms with E-state index in [-0.39, 0.29) is 12.8 Å². The second kappa shape index (κ2) is 14.1. The second-order valence-electron chi connectivity index (χ2n) is 9.19. The van der Waals surface area contributed by atoms with Crippen LogP contribution in [0.25, 0.3) is 5.57 Å². The van der Waals surface area contributed by atoms with Crippen molar-refractivity contribution < 1.29 is 34.2 Å². The number of carbonyl (C=O) groups is 5. The highest BCUT2D eigenvalue weighted by atomic mass is 32.2. The number of carboxylic acid groups (broad SMARTS) is 2. The van der Waals surface area contributed by atoms with Crippen LogP contribution in [0.15, 0.2) is 60.0 Å². The van der Waals surface area contributed by atoms with Crippen LogP contribution in [0.1, 0.15) is 54.0 Å². The molecule has 0 saturated carbocycles. The molecule has 0 fully saturated rings. The predicted octanol–water partition coefficient (Wildman–Crippen LogP) is 2.63. The van der Waals surface area contributed by atoms with E-state index in [9.17, 15) is 24.0 Å². The van der Waals surface area contributed by atoms with Gasteiger partial charge in [-0.3, -0.25) is 24.0 Å². The van der Waals surface area contributed by atoms with Crippen LogP contribution in [0.5, 0.6) is 0 Å². The summed E-state index contributed by atoms with van der Waals surface area (Å²) < 4.78 is 0. The number of hydrogen-bond acceptors (Lipinski definition) is 6. The molecular weight excluding hydrogens is 522 g/mol. The maximum Gasteiger partial charge on any atom is 0.305 e. The monoisotopic (exact) mass is 553 g/mol. The van der Waals surface area contributed by atoms with E-state index < -0.39 is 54.6 Å². The molecule has 0 aromatic heterocycles. The normalized spacial score (nSPS) is 16.0. The first-order valence-corrected chi connectivity index (χ1v) is 13.4. The first-order chi connectivity index (χ1) is 18.6. The van der Waals surface area contributed by atoms with Crippen molar-refractivity contribution in [1.29, 1.82) is 0 Å². The Morgan fingerprint density at radius 3 is 2.21 bits per heavy atom. The van der Waals surface area contributed by atoms with Gasteiger partial charge in [0.1, 0.15) is 12.1 Å². The Kier molecular flexibility index (Phi) is 10.7. The van der Waals surface area contributed by atoms with Gasteiger partial charge in [-0.2, -0.15) is 0 Å². The standard InChI is InChI=1S/C28H31N3O7S/c29-27(37)22(15-26(35)36)31-28(38)21(11-13-25(33)34)30-24(32)12-8-17-6-9-19(10-7-17)23-14-20(16-39-23)18-4-2-1-3-5-18/h1-7,9-10,16,21-23H,8,11-15H2,(H2,29,37)(H,30,32)(H,31,38)(H,33,34)(H,35,36)/t21-,22-,23?/m0/s1. The lowest BCUT2D eigenvalue weighted by Gasteiger charge is -2.21. The van der Waals surface area contributed by atoms with E-state index >= 15 is 0 Å². The largest absolute Gasteiger partial charge is 0.481 e. The number of benzene rings is 2. The van der Waals surface area contributed by atoms with Gasteiger partial charge in [0.25, 0.3) is 0 Å². The summed E-state index contributed by atoms with van der Waals surface area (Å²) in [6.07, 6.45) is -0.0205. The van der Waals surface area contributed by atoms with E-state index in [1.165, 1.54) is 16.7 Å². The highest BCUT2D eigenvalue weighted by molar-refractivity contribution is 8.02. The molecule has 0 saturated heterocycles. The number of carboxylic acids is 2. The Labute approximate surface area is 230 Å². The van der Waals surface area contributed by atoms with Gasteiger partial charge < -0.3 is 26.6 Å². The Hall–Kier alpha value is -4.12. The van der Waals surface area contributed by atoms with Crippen LogP contribution in [0.3, 0.4) is 0 Å². The van der Waals surface area contributed by atoms with Gasteiger partial charge in [-0.15, -0.1) is 11.8 Å². The highest BCUT2D eigenvalue weighted by Gasteiger charge is 2.27. The zero-order chi connectivity index (χ0) is 28.4. The fourth-order valence-corrected chi connectivity index (χ4v) is 5.28. The number of amides is 3. The number of nitrogens with one attached hydrogen (secondary N) is 2. The van der Waals surface area contributed by atoms with Gasteiger partial charge in [-0.05, 0) is 46.9 Å². The topological polar surface area (TPSA) is 176 Å². The summed E-state index contributed by atoms with van der Waals surface area (Å²) in [4.78, 5) is 58.6. The molecule has 0 spiro atoms. The second-order valence-corrected chi connectivity index (χ2v) is 10.3. The lowest BCUT2D eigenvalue weighted by molar-refractivity contribution is -0.140. The van der Waals surface area contributed by atoms with Crippen LogP contribution in [0, 0.1) is 0 Å². The van der Waals surface area contributed by atoms with Crippen LogP contribution >= 0.6 is 11.8 Å². The van der Waals surface area contributed by atoms with E-state index in [0.29, 0.717) is 11.7 Å². The summed E-state index contributed by atoms with van der Waals surface area (Å²) in [6.45, 7) is 0. The molecule has 2 aromatic rings. The molecule has 1 aliphatic rings. The third kappa shape index (κ3) is 9.29. The zero-order valence-electron chi connectivity index (χ0n) is 21.2. The van der Waals surface area contributed by atoms with E-state index in [0.717, 1.165) is 12.0 Å². The third-order valence-electron chi connectivity index (χ3n) is 6.25. The average Bonchev–Trinajstić information content (AvgIpc) is 3.40. The quantitative estimate of drug-likeness (QED) is 0.237. The maximum absolute atomic E-state index is 12.6. The lowest BCUT2D eigenvalue weighted by Crippen LogP contribution is -2.53. The molecule has 6 N–H and O–H groups in total. The fourth-order valence-electron chi connectivity index (χ4n) is 4.12. The molecule has 3 amide bonds. The molecule has 10 nitrogen and oxygen atoms in total.